The molecule has 0 saturated carbocycles. The molecule has 2 N–H and O–H groups in total. The van der Waals surface area contributed by atoms with Crippen LogP contribution in [0.4, 0.5) is 0 Å². The fourth-order valence-electron chi connectivity index (χ4n) is 1.66. The number of aliphatic hydroxyl groups excluding tert-OH is 1. The minimum atomic E-state index is 0.116. The van der Waals surface area contributed by atoms with Crippen molar-refractivity contribution >= 4 is 11.6 Å². The number of H-pyrrole nitrogens is 1. The summed E-state index contributed by atoms with van der Waals surface area (Å²) >= 11 is 5.78. The van der Waals surface area contributed by atoms with E-state index in [-0.39, 0.29) is 6.61 Å². The summed E-state index contributed by atoms with van der Waals surface area (Å²) in [6.07, 6.45) is 0.598. The van der Waals surface area contributed by atoms with E-state index in [1.807, 2.05) is 13.0 Å². The van der Waals surface area contributed by atoms with Crippen molar-refractivity contribution in [1.29, 1.82) is 0 Å². The maximum Gasteiger partial charge on any atom is 0.0956 e. The molecule has 0 amide bonds. The first-order valence-corrected chi connectivity index (χ1v) is 5.42. The van der Waals surface area contributed by atoms with Gasteiger partial charge in [-0.2, -0.15) is 5.10 Å². The molecule has 0 aliphatic rings. The third-order valence-corrected chi connectivity index (χ3v) is 2.72. The number of aryl methyl sites for hydroxylation is 1. The molecule has 0 bridgehead atoms. The molecule has 0 saturated heterocycles. The van der Waals surface area contributed by atoms with Crippen molar-refractivity contribution in [1.82, 2.24) is 10.2 Å². The molecule has 4 heteroatoms. The zero-order chi connectivity index (χ0) is 11.5. The van der Waals surface area contributed by atoms with Gasteiger partial charge in [-0.15, -0.1) is 0 Å². The highest BCUT2D eigenvalue weighted by Gasteiger charge is 2.11. The number of nitrogens with zero attached hydrogens (tertiary/aromatic N) is 1. The van der Waals surface area contributed by atoms with Gasteiger partial charge < -0.3 is 5.11 Å². The lowest BCUT2D eigenvalue weighted by Crippen LogP contribution is -1.94. The van der Waals surface area contributed by atoms with Gasteiger partial charge in [0.25, 0.3) is 0 Å². The molecule has 0 spiro atoms. The molecule has 1 aromatic heterocycles. The molecule has 0 fully saturated rings. The summed E-state index contributed by atoms with van der Waals surface area (Å²) < 4.78 is 0. The molecule has 1 radical (unpaired) electrons. The van der Waals surface area contributed by atoms with E-state index in [1.54, 1.807) is 12.1 Å². The second-order valence-electron chi connectivity index (χ2n) is 3.57. The molecule has 1 heterocycles. The number of aromatic amines is 1. The van der Waals surface area contributed by atoms with Gasteiger partial charge in [-0.05, 0) is 25.5 Å². The second-order valence-corrected chi connectivity index (χ2v) is 3.98. The molecule has 0 atom stereocenters. The minimum Gasteiger partial charge on any atom is -0.396 e. The summed E-state index contributed by atoms with van der Waals surface area (Å²) in [5, 5.41) is 16.8. The van der Waals surface area contributed by atoms with Crippen molar-refractivity contribution in [2.75, 3.05) is 6.61 Å². The van der Waals surface area contributed by atoms with Gasteiger partial charge in [0.05, 0.1) is 5.69 Å². The summed E-state index contributed by atoms with van der Waals surface area (Å²) in [6, 6.07) is 8.41. The summed E-state index contributed by atoms with van der Waals surface area (Å²) in [5.41, 5.74) is 3.84. The zero-order valence-corrected chi connectivity index (χ0v) is 9.67. The molecule has 0 unspecified atom stereocenters. The predicted molar refractivity (Wildman–Crippen MR) is 63.4 cm³/mol. The highest BCUT2D eigenvalue weighted by atomic mass is 35.5. The van der Waals surface area contributed by atoms with Crippen molar-refractivity contribution in [2.24, 2.45) is 0 Å². The Morgan fingerprint density at radius 3 is 2.94 bits per heavy atom. The lowest BCUT2D eigenvalue weighted by atomic mass is 10.0. The smallest absolute Gasteiger partial charge is 0.0956 e. The largest absolute Gasteiger partial charge is 0.396 e. The molecule has 0 aliphatic heterocycles. The van der Waals surface area contributed by atoms with Crippen molar-refractivity contribution in [3.05, 3.63) is 40.5 Å². The summed E-state index contributed by atoms with van der Waals surface area (Å²) in [6.45, 7) is 2.06. The highest BCUT2D eigenvalue weighted by molar-refractivity contribution is 6.30. The standard InChI is InChI=1S/C12H12ClN2O/c1-8-11(6-7-16)12(15-14-8)9-2-4-10(13)5-3-9/h2-4,16H,6-7H2,1H3,(H,14,15). The highest BCUT2D eigenvalue weighted by Crippen LogP contribution is 2.24. The second kappa shape index (κ2) is 4.68. The van der Waals surface area contributed by atoms with Crippen LogP contribution in [-0.4, -0.2) is 21.9 Å². The maximum absolute atomic E-state index is 9.01. The first kappa shape index (κ1) is 11.2. The fraction of sp³-hybridized carbons (Fsp3) is 0.250. The van der Waals surface area contributed by atoms with E-state index >= 15 is 0 Å². The molecule has 2 aromatic rings. The van der Waals surface area contributed by atoms with Gasteiger partial charge in [0.15, 0.2) is 0 Å². The van der Waals surface area contributed by atoms with E-state index in [1.165, 1.54) is 0 Å². The molecule has 83 valence electrons. The maximum atomic E-state index is 9.01. The Hall–Kier alpha value is -1.32. The Labute approximate surface area is 99.1 Å². The van der Waals surface area contributed by atoms with E-state index in [4.69, 9.17) is 16.7 Å². The molecule has 16 heavy (non-hydrogen) atoms. The predicted octanol–water partition coefficient (Wildman–Crippen LogP) is 2.37. The van der Waals surface area contributed by atoms with Gasteiger partial charge in [0.1, 0.15) is 0 Å². The van der Waals surface area contributed by atoms with Gasteiger partial charge in [0, 0.05) is 34.5 Å². The third-order valence-electron chi connectivity index (χ3n) is 2.48. The van der Waals surface area contributed by atoms with Gasteiger partial charge in [-0.1, -0.05) is 17.7 Å². The van der Waals surface area contributed by atoms with Crippen LogP contribution in [0.3, 0.4) is 0 Å². The van der Waals surface area contributed by atoms with Crippen LogP contribution in [0.15, 0.2) is 18.2 Å². The Morgan fingerprint density at radius 1 is 1.50 bits per heavy atom. The van der Waals surface area contributed by atoms with E-state index in [0.29, 0.717) is 11.4 Å². The van der Waals surface area contributed by atoms with Crippen LogP contribution in [0.1, 0.15) is 11.3 Å². The zero-order valence-electron chi connectivity index (χ0n) is 8.92. The first-order chi connectivity index (χ1) is 7.72. The van der Waals surface area contributed by atoms with Gasteiger partial charge in [-0.25, -0.2) is 0 Å². The number of nitrogens with one attached hydrogen (secondary N) is 1. The van der Waals surface area contributed by atoms with E-state index in [2.05, 4.69) is 16.3 Å². The normalized spacial score (nSPS) is 10.7. The lowest BCUT2D eigenvalue weighted by molar-refractivity contribution is 0.299. The van der Waals surface area contributed by atoms with E-state index < -0.39 is 0 Å². The Bertz CT molecular complexity index is 476. The number of rotatable bonds is 3. The topological polar surface area (TPSA) is 48.9 Å². The molecular formula is C12H12ClN2O. The van der Waals surface area contributed by atoms with E-state index in [0.717, 1.165) is 22.5 Å². The van der Waals surface area contributed by atoms with Gasteiger partial charge in [-0.3, -0.25) is 5.10 Å². The SMILES string of the molecule is Cc1[nH]nc(-c2c[c]c(Cl)cc2)c1CCO. The van der Waals surface area contributed by atoms with Crippen molar-refractivity contribution in [2.45, 2.75) is 13.3 Å². The average Bonchev–Trinajstić information content (AvgIpc) is 2.63. The van der Waals surface area contributed by atoms with E-state index in [9.17, 15) is 0 Å². The van der Waals surface area contributed by atoms with Crippen LogP contribution in [0, 0.1) is 13.0 Å². The monoisotopic (exact) mass is 235 g/mol. The number of hydrogen-bond donors (Lipinski definition) is 2. The van der Waals surface area contributed by atoms with Crippen molar-refractivity contribution in [3.63, 3.8) is 0 Å². The number of aliphatic hydroxyl groups is 1. The van der Waals surface area contributed by atoms with Crippen LogP contribution >= 0.6 is 11.6 Å². The van der Waals surface area contributed by atoms with Crippen molar-refractivity contribution < 1.29 is 5.11 Å². The Kier molecular flexibility index (Phi) is 3.27. The van der Waals surface area contributed by atoms with Crippen LogP contribution in [0.2, 0.25) is 5.02 Å². The van der Waals surface area contributed by atoms with Crippen LogP contribution < -0.4 is 0 Å². The fourth-order valence-corrected chi connectivity index (χ4v) is 1.78. The molecule has 1 aromatic carbocycles. The van der Waals surface area contributed by atoms with Crippen LogP contribution in [0.25, 0.3) is 11.3 Å². The van der Waals surface area contributed by atoms with Crippen LogP contribution in [-0.2, 0) is 6.42 Å². The number of hydrogen-bond acceptors (Lipinski definition) is 2. The molecular weight excluding hydrogens is 224 g/mol. The number of halogens is 1. The average molecular weight is 236 g/mol. The lowest BCUT2D eigenvalue weighted by Gasteiger charge is -2.02. The molecule has 3 nitrogen and oxygen atoms in total. The number of benzene rings is 1. The summed E-state index contributed by atoms with van der Waals surface area (Å²) in [7, 11) is 0. The third kappa shape index (κ3) is 2.10. The Balaban J connectivity index is 2.43. The molecule has 2 rings (SSSR count). The Morgan fingerprint density at radius 2 is 2.31 bits per heavy atom. The van der Waals surface area contributed by atoms with Gasteiger partial charge in [0.2, 0.25) is 0 Å². The van der Waals surface area contributed by atoms with Gasteiger partial charge >= 0.3 is 0 Å². The first-order valence-electron chi connectivity index (χ1n) is 5.04. The summed E-state index contributed by atoms with van der Waals surface area (Å²) in [5.74, 6) is 0. The minimum absolute atomic E-state index is 0.116. The van der Waals surface area contributed by atoms with Crippen LogP contribution in [0.5, 0.6) is 0 Å². The molecule has 0 aliphatic carbocycles. The quantitative estimate of drug-likeness (QED) is 0.858. The summed E-state index contributed by atoms with van der Waals surface area (Å²) in [4.78, 5) is 0. The van der Waals surface area contributed by atoms with Crippen molar-refractivity contribution in [3.8, 4) is 11.3 Å². The number of aromatic nitrogens is 2.